The smallest absolute Gasteiger partial charge is 0.253 e. The van der Waals surface area contributed by atoms with E-state index in [1.807, 2.05) is 6.07 Å². The topological polar surface area (TPSA) is 38.3 Å². The molecular formula is C14H17NO2. The van der Waals surface area contributed by atoms with Gasteiger partial charge >= 0.3 is 0 Å². The molecule has 3 nitrogen and oxygen atoms in total. The molecular weight excluding hydrogens is 214 g/mol. The van der Waals surface area contributed by atoms with E-state index in [1.54, 1.807) is 0 Å². The summed E-state index contributed by atoms with van der Waals surface area (Å²) in [4.78, 5) is 11.9. The van der Waals surface area contributed by atoms with E-state index in [4.69, 9.17) is 4.74 Å². The Kier molecular flexibility index (Phi) is 2.85. The molecule has 1 aliphatic carbocycles. The summed E-state index contributed by atoms with van der Waals surface area (Å²) in [6, 6.07) is 6.24. The van der Waals surface area contributed by atoms with E-state index >= 15 is 0 Å². The molecule has 1 N–H and O–H groups in total. The molecule has 1 fully saturated rings. The van der Waals surface area contributed by atoms with E-state index in [2.05, 4.69) is 17.4 Å². The normalized spacial score (nSPS) is 22.5. The number of anilines is 1. The fourth-order valence-electron chi connectivity index (χ4n) is 2.66. The average molecular weight is 231 g/mol. The van der Waals surface area contributed by atoms with Gasteiger partial charge in [0.25, 0.3) is 5.91 Å². The number of nitrogens with one attached hydrogen (secondary N) is 1. The van der Waals surface area contributed by atoms with E-state index in [0.717, 1.165) is 24.9 Å². The lowest BCUT2D eigenvalue weighted by Gasteiger charge is -2.11. The van der Waals surface area contributed by atoms with Crippen LogP contribution in [0.25, 0.3) is 0 Å². The van der Waals surface area contributed by atoms with Crippen LogP contribution in [0.4, 0.5) is 5.69 Å². The summed E-state index contributed by atoms with van der Waals surface area (Å²) in [5, 5.41) is 2.95. The predicted molar refractivity (Wildman–Crippen MR) is 66.1 cm³/mol. The van der Waals surface area contributed by atoms with E-state index in [1.165, 1.54) is 24.0 Å². The summed E-state index contributed by atoms with van der Waals surface area (Å²) >= 11 is 0. The molecule has 0 aromatic heterocycles. The SMILES string of the molecule is O=C(Nc1ccc2c(c1)CCC2)[C@H]1CCCO1. The minimum Gasteiger partial charge on any atom is -0.368 e. The van der Waals surface area contributed by atoms with Crippen LogP contribution in [0.5, 0.6) is 0 Å². The molecule has 1 aliphatic heterocycles. The lowest BCUT2D eigenvalue weighted by Crippen LogP contribution is -2.26. The van der Waals surface area contributed by atoms with Gasteiger partial charge in [-0.25, -0.2) is 0 Å². The van der Waals surface area contributed by atoms with Crippen LogP contribution in [0.2, 0.25) is 0 Å². The Hall–Kier alpha value is -1.35. The van der Waals surface area contributed by atoms with Crippen LogP contribution < -0.4 is 5.32 Å². The maximum absolute atomic E-state index is 11.9. The van der Waals surface area contributed by atoms with Gasteiger partial charge in [-0.3, -0.25) is 4.79 Å². The molecule has 1 saturated heterocycles. The number of fused-ring (bicyclic) bond motifs is 1. The van der Waals surface area contributed by atoms with Gasteiger partial charge in [-0.05, 0) is 55.4 Å². The van der Waals surface area contributed by atoms with Crippen LogP contribution in [0.1, 0.15) is 30.4 Å². The predicted octanol–water partition coefficient (Wildman–Crippen LogP) is 2.29. The van der Waals surface area contributed by atoms with Crippen molar-refractivity contribution in [1.82, 2.24) is 0 Å². The molecule has 90 valence electrons. The van der Waals surface area contributed by atoms with E-state index in [0.29, 0.717) is 6.61 Å². The monoisotopic (exact) mass is 231 g/mol. The number of carbonyl (C=O) groups is 1. The van der Waals surface area contributed by atoms with Crippen molar-refractivity contribution in [3.63, 3.8) is 0 Å². The Labute approximate surface area is 101 Å². The fourth-order valence-corrected chi connectivity index (χ4v) is 2.66. The first-order valence-corrected chi connectivity index (χ1v) is 6.37. The molecule has 3 rings (SSSR count). The Morgan fingerprint density at radius 3 is 2.94 bits per heavy atom. The average Bonchev–Trinajstić information content (AvgIpc) is 2.99. The molecule has 3 heteroatoms. The highest BCUT2D eigenvalue weighted by Gasteiger charge is 2.23. The molecule has 0 saturated carbocycles. The molecule has 1 heterocycles. The van der Waals surface area contributed by atoms with Crippen LogP contribution in [-0.4, -0.2) is 18.6 Å². The molecule has 0 unspecified atom stereocenters. The van der Waals surface area contributed by atoms with Gasteiger partial charge < -0.3 is 10.1 Å². The van der Waals surface area contributed by atoms with Crippen molar-refractivity contribution in [1.29, 1.82) is 0 Å². The summed E-state index contributed by atoms with van der Waals surface area (Å²) in [5.41, 5.74) is 3.72. The van der Waals surface area contributed by atoms with Crippen molar-refractivity contribution >= 4 is 11.6 Å². The highest BCUT2D eigenvalue weighted by molar-refractivity contribution is 5.94. The van der Waals surface area contributed by atoms with Gasteiger partial charge in [0, 0.05) is 12.3 Å². The quantitative estimate of drug-likeness (QED) is 0.848. The Morgan fingerprint density at radius 2 is 2.12 bits per heavy atom. The maximum atomic E-state index is 11.9. The van der Waals surface area contributed by atoms with Gasteiger partial charge in [-0.2, -0.15) is 0 Å². The number of benzene rings is 1. The van der Waals surface area contributed by atoms with Gasteiger partial charge in [0.1, 0.15) is 6.10 Å². The van der Waals surface area contributed by atoms with Crippen LogP contribution in [0, 0.1) is 0 Å². The summed E-state index contributed by atoms with van der Waals surface area (Å²) in [5.74, 6) is 0.000414. The first kappa shape index (κ1) is 10.8. The van der Waals surface area contributed by atoms with Crippen LogP contribution >= 0.6 is 0 Å². The number of hydrogen-bond donors (Lipinski definition) is 1. The third kappa shape index (κ3) is 2.20. The first-order chi connectivity index (χ1) is 8.33. The van der Waals surface area contributed by atoms with Gasteiger partial charge in [-0.1, -0.05) is 6.07 Å². The van der Waals surface area contributed by atoms with Gasteiger partial charge in [-0.15, -0.1) is 0 Å². The third-order valence-corrected chi connectivity index (χ3v) is 3.59. The highest BCUT2D eigenvalue weighted by Crippen LogP contribution is 2.25. The lowest BCUT2D eigenvalue weighted by atomic mass is 10.1. The van der Waals surface area contributed by atoms with E-state index < -0.39 is 0 Å². The number of aryl methyl sites for hydroxylation is 2. The van der Waals surface area contributed by atoms with Crippen molar-refractivity contribution in [2.45, 2.75) is 38.2 Å². The number of carbonyl (C=O) groups excluding carboxylic acids is 1. The minimum atomic E-state index is -0.247. The standard InChI is InChI=1S/C14H17NO2/c16-14(13-5-2-8-17-13)15-12-7-6-10-3-1-4-11(10)9-12/h6-7,9,13H,1-5,8H2,(H,15,16)/t13-/m1/s1. The van der Waals surface area contributed by atoms with E-state index in [9.17, 15) is 4.79 Å². The molecule has 17 heavy (non-hydrogen) atoms. The molecule has 2 aliphatic rings. The molecule has 1 aromatic carbocycles. The summed E-state index contributed by atoms with van der Waals surface area (Å²) in [6.07, 6.45) is 5.13. The molecule has 0 radical (unpaired) electrons. The summed E-state index contributed by atoms with van der Waals surface area (Å²) in [7, 11) is 0. The second kappa shape index (κ2) is 4.49. The first-order valence-electron chi connectivity index (χ1n) is 6.37. The fraction of sp³-hybridized carbons (Fsp3) is 0.500. The Morgan fingerprint density at radius 1 is 1.24 bits per heavy atom. The van der Waals surface area contributed by atoms with Crippen molar-refractivity contribution in [2.75, 3.05) is 11.9 Å². The lowest BCUT2D eigenvalue weighted by molar-refractivity contribution is -0.124. The number of hydrogen-bond acceptors (Lipinski definition) is 2. The van der Waals surface area contributed by atoms with Crippen molar-refractivity contribution in [3.05, 3.63) is 29.3 Å². The van der Waals surface area contributed by atoms with Crippen molar-refractivity contribution in [2.24, 2.45) is 0 Å². The number of amides is 1. The Bertz CT molecular complexity index is 436. The largest absolute Gasteiger partial charge is 0.368 e. The minimum absolute atomic E-state index is 0.000414. The number of rotatable bonds is 2. The summed E-state index contributed by atoms with van der Waals surface area (Å²) in [6.45, 7) is 0.711. The molecule has 0 spiro atoms. The van der Waals surface area contributed by atoms with Crippen LogP contribution in [0.15, 0.2) is 18.2 Å². The van der Waals surface area contributed by atoms with Crippen LogP contribution in [0.3, 0.4) is 0 Å². The van der Waals surface area contributed by atoms with Crippen molar-refractivity contribution < 1.29 is 9.53 Å². The van der Waals surface area contributed by atoms with Crippen molar-refractivity contribution in [3.8, 4) is 0 Å². The van der Waals surface area contributed by atoms with Gasteiger partial charge in [0.15, 0.2) is 0 Å². The molecule has 1 amide bonds. The van der Waals surface area contributed by atoms with Gasteiger partial charge in [0.05, 0.1) is 0 Å². The zero-order chi connectivity index (χ0) is 11.7. The zero-order valence-electron chi connectivity index (χ0n) is 9.87. The summed E-state index contributed by atoms with van der Waals surface area (Å²) < 4.78 is 5.37. The third-order valence-electron chi connectivity index (χ3n) is 3.59. The Balaban J connectivity index is 1.70. The zero-order valence-corrected chi connectivity index (χ0v) is 9.87. The van der Waals surface area contributed by atoms with E-state index in [-0.39, 0.29) is 12.0 Å². The number of ether oxygens (including phenoxy) is 1. The second-order valence-corrected chi connectivity index (χ2v) is 4.83. The van der Waals surface area contributed by atoms with Gasteiger partial charge in [0.2, 0.25) is 0 Å². The second-order valence-electron chi connectivity index (χ2n) is 4.83. The maximum Gasteiger partial charge on any atom is 0.253 e. The highest BCUT2D eigenvalue weighted by atomic mass is 16.5. The molecule has 1 aromatic rings. The van der Waals surface area contributed by atoms with Crippen LogP contribution in [-0.2, 0) is 22.4 Å². The molecule has 1 atom stereocenters. The molecule has 0 bridgehead atoms.